The molecule has 7 heteroatoms. The molecule has 1 atom stereocenters. The van der Waals surface area contributed by atoms with Gasteiger partial charge < -0.3 is 9.64 Å². The Morgan fingerprint density at radius 1 is 1.32 bits per heavy atom. The van der Waals surface area contributed by atoms with Gasteiger partial charge in [-0.15, -0.1) is 5.10 Å². The number of morpholine rings is 1. The summed E-state index contributed by atoms with van der Waals surface area (Å²) in [4.78, 5) is 7.65. The van der Waals surface area contributed by atoms with Gasteiger partial charge in [0.1, 0.15) is 5.82 Å². The van der Waals surface area contributed by atoms with Crippen molar-refractivity contribution in [3.8, 4) is 11.3 Å². The highest BCUT2D eigenvalue weighted by Gasteiger charge is 2.21. The zero-order chi connectivity index (χ0) is 15.1. The van der Waals surface area contributed by atoms with Crippen LogP contribution in [0.25, 0.3) is 16.2 Å². The van der Waals surface area contributed by atoms with E-state index < -0.39 is 0 Å². The topological polar surface area (TPSA) is 42.7 Å². The lowest BCUT2D eigenvalue weighted by Crippen LogP contribution is -2.41. The van der Waals surface area contributed by atoms with Crippen LogP contribution in [-0.4, -0.2) is 40.4 Å². The smallest absolute Gasteiger partial charge is 0.214 e. The van der Waals surface area contributed by atoms with Gasteiger partial charge in [0.15, 0.2) is 0 Å². The van der Waals surface area contributed by atoms with E-state index >= 15 is 0 Å². The fourth-order valence-corrected chi connectivity index (χ4v) is 3.49. The van der Waals surface area contributed by atoms with Crippen molar-refractivity contribution < 1.29 is 9.13 Å². The molecule has 1 aliphatic heterocycles. The second kappa shape index (κ2) is 5.33. The second-order valence-corrected chi connectivity index (χ2v) is 6.31. The molecule has 3 heterocycles. The fraction of sp³-hybridized carbons (Fsp3) is 0.333. The SMILES string of the molecule is C[C@@H]1CN(c2nn3cc(-c4ccc(F)cc4)nc3s2)CCO1. The van der Waals surface area contributed by atoms with Crippen molar-refractivity contribution in [1.82, 2.24) is 14.6 Å². The Labute approximate surface area is 131 Å². The minimum atomic E-state index is -0.244. The third-order valence-corrected chi connectivity index (χ3v) is 4.67. The molecule has 1 aliphatic rings. The summed E-state index contributed by atoms with van der Waals surface area (Å²) in [5.74, 6) is -0.244. The van der Waals surface area contributed by atoms with Crippen LogP contribution < -0.4 is 4.90 Å². The average Bonchev–Trinajstić information content (AvgIpc) is 3.06. The summed E-state index contributed by atoms with van der Waals surface area (Å²) in [6.07, 6.45) is 2.10. The van der Waals surface area contributed by atoms with Gasteiger partial charge in [0, 0.05) is 18.7 Å². The number of ether oxygens (including phenoxy) is 1. The van der Waals surface area contributed by atoms with Gasteiger partial charge in [0.05, 0.1) is 24.6 Å². The van der Waals surface area contributed by atoms with Crippen LogP contribution in [0.1, 0.15) is 6.92 Å². The van der Waals surface area contributed by atoms with E-state index in [4.69, 9.17) is 4.74 Å². The maximum Gasteiger partial charge on any atom is 0.214 e. The van der Waals surface area contributed by atoms with Crippen LogP contribution >= 0.6 is 11.3 Å². The van der Waals surface area contributed by atoms with E-state index in [0.717, 1.165) is 41.0 Å². The Bertz CT molecular complexity index is 766. The van der Waals surface area contributed by atoms with E-state index in [1.54, 1.807) is 28.0 Å². The molecule has 2 aromatic heterocycles. The first-order valence-electron chi connectivity index (χ1n) is 7.18. The van der Waals surface area contributed by atoms with Crippen molar-refractivity contribution in [2.45, 2.75) is 13.0 Å². The lowest BCUT2D eigenvalue weighted by molar-refractivity contribution is 0.0531. The summed E-state index contributed by atoms with van der Waals surface area (Å²) in [5, 5.41) is 5.56. The first-order valence-corrected chi connectivity index (χ1v) is 7.99. The van der Waals surface area contributed by atoms with Crippen LogP contribution in [0.3, 0.4) is 0 Å². The van der Waals surface area contributed by atoms with Crippen molar-refractivity contribution in [2.24, 2.45) is 0 Å². The predicted octanol–water partition coefficient (Wildman–Crippen LogP) is 2.82. The zero-order valence-electron chi connectivity index (χ0n) is 12.1. The summed E-state index contributed by atoms with van der Waals surface area (Å²) < 4.78 is 20.3. The van der Waals surface area contributed by atoms with Gasteiger partial charge in [0.2, 0.25) is 10.1 Å². The molecule has 0 unspecified atom stereocenters. The number of hydrogen-bond acceptors (Lipinski definition) is 5. The number of rotatable bonds is 2. The summed E-state index contributed by atoms with van der Waals surface area (Å²) in [7, 11) is 0. The highest BCUT2D eigenvalue weighted by Crippen LogP contribution is 2.27. The quantitative estimate of drug-likeness (QED) is 0.729. The minimum Gasteiger partial charge on any atom is -0.375 e. The molecule has 0 N–H and O–H groups in total. The number of hydrogen-bond donors (Lipinski definition) is 0. The monoisotopic (exact) mass is 318 g/mol. The van der Waals surface area contributed by atoms with E-state index in [0.29, 0.717) is 0 Å². The van der Waals surface area contributed by atoms with E-state index in [-0.39, 0.29) is 11.9 Å². The highest BCUT2D eigenvalue weighted by molar-refractivity contribution is 7.20. The molecule has 1 fully saturated rings. The van der Waals surface area contributed by atoms with Crippen molar-refractivity contribution in [2.75, 3.05) is 24.6 Å². The Kier molecular flexibility index (Phi) is 3.31. The Morgan fingerprint density at radius 2 is 2.14 bits per heavy atom. The second-order valence-electron chi connectivity index (χ2n) is 5.37. The molecule has 3 aromatic rings. The lowest BCUT2D eigenvalue weighted by Gasteiger charge is -2.30. The number of aromatic nitrogens is 3. The maximum atomic E-state index is 13.0. The van der Waals surface area contributed by atoms with E-state index in [1.165, 1.54) is 12.1 Å². The molecule has 1 saturated heterocycles. The molecule has 0 radical (unpaired) electrons. The molecule has 5 nitrogen and oxygen atoms in total. The zero-order valence-corrected chi connectivity index (χ0v) is 12.9. The Hall–Kier alpha value is -1.99. The molecule has 1 aromatic carbocycles. The van der Waals surface area contributed by atoms with Crippen molar-refractivity contribution >= 4 is 21.4 Å². The molecule has 0 bridgehead atoms. The lowest BCUT2D eigenvalue weighted by atomic mass is 10.2. The summed E-state index contributed by atoms with van der Waals surface area (Å²) >= 11 is 1.56. The normalized spacial score (nSPS) is 19.0. The molecular weight excluding hydrogens is 303 g/mol. The van der Waals surface area contributed by atoms with Crippen molar-refractivity contribution in [3.05, 3.63) is 36.3 Å². The first-order chi connectivity index (χ1) is 10.7. The van der Waals surface area contributed by atoms with Crippen LogP contribution in [0.5, 0.6) is 0 Å². The van der Waals surface area contributed by atoms with E-state index in [2.05, 4.69) is 21.9 Å². The van der Waals surface area contributed by atoms with E-state index in [1.807, 2.05) is 6.20 Å². The number of anilines is 1. The molecule has 0 spiro atoms. The van der Waals surface area contributed by atoms with Gasteiger partial charge in [-0.25, -0.2) is 13.9 Å². The summed E-state index contributed by atoms with van der Waals surface area (Å²) in [6, 6.07) is 6.34. The number of halogens is 1. The van der Waals surface area contributed by atoms with Crippen LogP contribution in [0, 0.1) is 5.82 Å². The Morgan fingerprint density at radius 3 is 2.86 bits per heavy atom. The van der Waals surface area contributed by atoms with E-state index in [9.17, 15) is 4.39 Å². The van der Waals surface area contributed by atoms with Gasteiger partial charge in [-0.3, -0.25) is 0 Å². The average molecular weight is 318 g/mol. The molecule has 4 rings (SSSR count). The van der Waals surface area contributed by atoms with Gasteiger partial charge in [-0.05, 0) is 31.2 Å². The number of benzene rings is 1. The predicted molar refractivity (Wildman–Crippen MR) is 83.9 cm³/mol. The van der Waals surface area contributed by atoms with Crippen LogP contribution in [-0.2, 0) is 4.74 Å². The molecule has 0 amide bonds. The number of imidazole rings is 1. The fourth-order valence-electron chi connectivity index (χ4n) is 2.57. The van der Waals surface area contributed by atoms with Gasteiger partial charge in [-0.1, -0.05) is 11.3 Å². The third kappa shape index (κ3) is 2.46. The largest absolute Gasteiger partial charge is 0.375 e. The summed E-state index contributed by atoms with van der Waals surface area (Å²) in [6.45, 7) is 4.49. The molecule has 0 aliphatic carbocycles. The van der Waals surface area contributed by atoms with Crippen LogP contribution in [0.2, 0.25) is 0 Å². The minimum absolute atomic E-state index is 0.222. The molecule has 22 heavy (non-hydrogen) atoms. The van der Waals surface area contributed by atoms with Crippen molar-refractivity contribution in [1.29, 1.82) is 0 Å². The molecule has 114 valence electrons. The number of fused-ring (bicyclic) bond motifs is 1. The first kappa shape index (κ1) is 13.7. The molecular formula is C15H15FN4OS. The highest BCUT2D eigenvalue weighted by atomic mass is 32.1. The third-order valence-electron chi connectivity index (χ3n) is 3.68. The van der Waals surface area contributed by atoms with Gasteiger partial charge >= 0.3 is 0 Å². The maximum absolute atomic E-state index is 13.0. The van der Waals surface area contributed by atoms with Gasteiger partial charge in [-0.2, -0.15) is 0 Å². The molecule has 0 saturated carbocycles. The summed E-state index contributed by atoms with van der Waals surface area (Å²) in [5.41, 5.74) is 1.70. The standard InChI is InChI=1S/C15H15FN4OS/c1-10-8-19(6-7-21-10)15-18-20-9-13(17-14(20)22-15)11-2-4-12(16)5-3-11/h2-5,9-10H,6-8H2,1H3/t10-/m1/s1. The van der Waals surface area contributed by atoms with Gasteiger partial charge in [0.25, 0.3) is 0 Å². The van der Waals surface area contributed by atoms with Crippen molar-refractivity contribution in [3.63, 3.8) is 0 Å². The van der Waals surface area contributed by atoms with Crippen LogP contribution in [0.15, 0.2) is 30.5 Å². The number of nitrogens with zero attached hydrogens (tertiary/aromatic N) is 4. The van der Waals surface area contributed by atoms with Crippen LogP contribution in [0.4, 0.5) is 9.52 Å². The Balaban J connectivity index is 1.63.